The van der Waals surface area contributed by atoms with Crippen LogP contribution in [0.1, 0.15) is 27.2 Å². The standard InChI is InChI=1S/C10H24N2/c1-5-12(4)8-10(3)6-9(2)7-11/h9-10H,5-8,11H2,1-4H3/t9-,10?/m1/s1. The predicted molar refractivity (Wildman–Crippen MR) is 55.2 cm³/mol. The smallest absolute Gasteiger partial charge is 0.000396 e. The lowest BCUT2D eigenvalue weighted by Gasteiger charge is -2.21. The predicted octanol–water partition coefficient (Wildman–Crippen LogP) is 1.56. The van der Waals surface area contributed by atoms with Crippen LogP contribution < -0.4 is 5.73 Å². The van der Waals surface area contributed by atoms with Gasteiger partial charge in [-0.2, -0.15) is 0 Å². The molecule has 0 aliphatic carbocycles. The molecule has 0 rings (SSSR count). The maximum atomic E-state index is 5.57. The second-order valence-electron chi connectivity index (χ2n) is 4.04. The number of hydrogen-bond acceptors (Lipinski definition) is 2. The van der Waals surface area contributed by atoms with E-state index in [2.05, 4.69) is 32.7 Å². The van der Waals surface area contributed by atoms with Crippen molar-refractivity contribution >= 4 is 0 Å². The van der Waals surface area contributed by atoms with E-state index in [1.165, 1.54) is 13.0 Å². The van der Waals surface area contributed by atoms with Crippen LogP contribution in [0.3, 0.4) is 0 Å². The van der Waals surface area contributed by atoms with Gasteiger partial charge in [0, 0.05) is 6.54 Å². The van der Waals surface area contributed by atoms with Gasteiger partial charge in [0.05, 0.1) is 0 Å². The van der Waals surface area contributed by atoms with Crippen molar-refractivity contribution in [1.82, 2.24) is 4.90 Å². The lowest BCUT2D eigenvalue weighted by Crippen LogP contribution is -2.26. The fraction of sp³-hybridized carbons (Fsp3) is 1.00. The van der Waals surface area contributed by atoms with Gasteiger partial charge in [-0.25, -0.2) is 0 Å². The maximum absolute atomic E-state index is 5.57. The summed E-state index contributed by atoms with van der Waals surface area (Å²) in [4.78, 5) is 2.36. The van der Waals surface area contributed by atoms with Gasteiger partial charge in [0.2, 0.25) is 0 Å². The monoisotopic (exact) mass is 172 g/mol. The molecule has 74 valence electrons. The molecule has 0 aromatic carbocycles. The third-order valence-corrected chi connectivity index (χ3v) is 2.37. The Morgan fingerprint density at radius 3 is 2.25 bits per heavy atom. The molecule has 0 aliphatic rings. The topological polar surface area (TPSA) is 29.3 Å². The zero-order chi connectivity index (χ0) is 9.56. The van der Waals surface area contributed by atoms with Gasteiger partial charge in [-0.3, -0.25) is 0 Å². The zero-order valence-electron chi connectivity index (χ0n) is 9.01. The maximum Gasteiger partial charge on any atom is 0.000396 e. The molecule has 0 aromatic heterocycles. The Hall–Kier alpha value is -0.0800. The Labute approximate surface area is 77.1 Å². The van der Waals surface area contributed by atoms with Gasteiger partial charge in [-0.1, -0.05) is 20.8 Å². The normalized spacial score (nSPS) is 16.5. The van der Waals surface area contributed by atoms with Crippen molar-refractivity contribution in [3.05, 3.63) is 0 Å². The molecule has 0 saturated carbocycles. The average Bonchev–Trinajstić information content (AvgIpc) is 2.03. The van der Waals surface area contributed by atoms with E-state index in [9.17, 15) is 0 Å². The minimum absolute atomic E-state index is 0.672. The van der Waals surface area contributed by atoms with E-state index in [0.717, 1.165) is 19.0 Å². The second kappa shape index (κ2) is 6.44. The van der Waals surface area contributed by atoms with E-state index in [1.807, 2.05) is 0 Å². The minimum Gasteiger partial charge on any atom is -0.330 e. The van der Waals surface area contributed by atoms with Gasteiger partial charge >= 0.3 is 0 Å². The highest BCUT2D eigenvalue weighted by Crippen LogP contribution is 2.11. The summed E-state index contributed by atoms with van der Waals surface area (Å²) < 4.78 is 0. The summed E-state index contributed by atoms with van der Waals surface area (Å²) >= 11 is 0. The Kier molecular flexibility index (Phi) is 6.39. The van der Waals surface area contributed by atoms with Crippen molar-refractivity contribution in [3.8, 4) is 0 Å². The number of nitrogens with two attached hydrogens (primary N) is 1. The van der Waals surface area contributed by atoms with Crippen LogP contribution in [0.2, 0.25) is 0 Å². The quantitative estimate of drug-likeness (QED) is 0.659. The molecule has 0 heterocycles. The zero-order valence-corrected chi connectivity index (χ0v) is 9.01. The summed E-state index contributed by atoms with van der Waals surface area (Å²) in [6.45, 7) is 9.88. The fourth-order valence-corrected chi connectivity index (χ4v) is 1.52. The molecule has 0 amide bonds. The summed E-state index contributed by atoms with van der Waals surface area (Å²) in [6, 6.07) is 0. The van der Waals surface area contributed by atoms with E-state index in [4.69, 9.17) is 5.73 Å². The van der Waals surface area contributed by atoms with Crippen molar-refractivity contribution in [2.75, 3.05) is 26.7 Å². The molecule has 0 aliphatic heterocycles. The van der Waals surface area contributed by atoms with Gasteiger partial charge in [0.1, 0.15) is 0 Å². The molecule has 0 fully saturated rings. The summed E-state index contributed by atoms with van der Waals surface area (Å²) in [7, 11) is 2.17. The number of hydrogen-bond donors (Lipinski definition) is 1. The molecule has 12 heavy (non-hydrogen) atoms. The first-order valence-electron chi connectivity index (χ1n) is 4.98. The molecular formula is C10H24N2. The lowest BCUT2D eigenvalue weighted by atomic mass is 9.97. The highest BCUT2D eigenvalue weighted by molar-refractivity contribution is 4.62. The molecule has 0 spiro atoms. The van der Waals surface area contributed by atoms with Crippen LogP contribution >= 0.6 is 0 Å². The summed E-state index contributed by atoms with van der Waals surface area (Å²) in [5.74, 6) is 1.44. The van der Waals surface area contributed by atoms with Gasteiger partial charge in [-0.15, -0.1) is 0 Å². The molecule has 0 bridgehead atoms. The SMILES string of the molecule is CCN(C)CC(C)C[C@@H](C)CN. The molecule has 1 unspecified atom stereocenters. The van der Waals surface area contributed by atoms with Gasteiger partial charge in [-0.05, 0) is 38.4 Å². The van der Waals surface area contributed by atoms with Crippen LogP contribution in [-0.4, -0.2) is 31.6 Å². The van der Waals surface area contributed by atoms with Crippen LogP contribution in [0.5, 0.6) is 0 Å². The fourth-order valence-electron chi connectivity index (χ4n) is 1.52. The molecule has 2 nitrogen and oxygen atoms in total. The van der Waals surface area contributed by atoms with E-state index in [0.29, 0.717) is 5.92 Å². The molecule has 0 saturated heterocycles. The van der Waals surface area contributed by atoms with Crippen LogP contribution in [0, 0.1) is 11.8 Å². The van der Waals surface area contributed by atoms with Crippen molar-refractivity contribution in [1.29, 1.82) is 0 Å². The summed E-state index contributed by atoms with van der Waals surface area (Å²) in [5.41, 5.74) is 5.57. The first-order valence-corrected chi connectivity index (χ1v) is 4.98. The third kappa shape index (κ3) is 5.56. The van der Waals surface area contributed by atoms with Crippen LogP contribution in [0.15, 0.2) is 0 Å². The van der Waals surface area contributed by atoms with E-state index in [-0.39, 0.29) is 0 Å². The highest BCUT2D eigenvalue weighted by Gasteiger charge is 2.08. The van der Waals surface area contributed by atoms with E-state index >= 15 is 0 Å². The Morgan fingerprint density at radius 2 is 1.83 bits per heavy atom. The first-order chi connectivity index (χ1) is 5.60. The van der Waals surface area contributed by atoms with E-state index in [1.54, 1.807) is 0 Å². The minimum atomic E-state index is 0.672. The van der Waals surface area contributed by atoms with Crippen molar-refractivity contribution in [2.24, 2.45) is 17.6 Å². The van der Waals surface area contributed by atoms with Crippen LogP contribution in [0.4, 0.5) is 0 Å². The highest BCUT2D eigenvalue weighted by atomic mass is 15.1. The van der Waals surface area contributed by atoms with Crippen molar-refractivity contribution < 1.29 is 0 Å². The van der Waals surface area contributed by atoms with E-state index < -0.39 is 0 Å². The Morgan fingerprint density at radius 1 is 1.25 bits per heavy atom. The molecular weight excluding hydrogens is 148 g/mol. The molecule has 2 heteroatoms. The molecule has 0 radical (unpaired) electrons. The third-order valence-electron chi connectivity index (χ3n) is 2.37. The average molecular weight is 172 g/mol. The Balaban J connectivity index is 3.51. The number of rotatable bonds is 6. The largest absolute Gasteiger partial charge is 0.330 e. The van der Waals surface area contributed by atoms with Crippen molar-refractivity contribution in [2.45, 2.75) is 27.2 Å². The van der Waals surface area contributed by atoms with Gasteiger partial charge in [0.25, 0.3) is 0 Å². The number of nitrogens with zero attached hydrogens (tertiary/aromatic N) is 1. The van der Waals surface area contributed by atoms with Crippen LogP contribution in [0.25, 0.3) is 0 Å². The first kappa shape index (κ1) is 11.9. The molecule has 2 N–H and O–H groups in total. The van der Waals surface area contributed by atoms with Crippen LogP contribution in [-0.2, 0) is 0 Å². The van der Waals surface area contributed by atoms with Gasteiger partial charge < -0.3 is 10.6 Å². The van der Waals surface area contributed by atoms with Crippen molar-refractivity contribution in [3.63, 3.8) is 0 Å². The van der Waals surface area contributed by atoms with Gasteiger partial charge in [0.15, 0.2) is 0 Å². The summed E-state index contributed by atoms with van der Waals surface area (Å²) in [6.07, 6.45) is 1.25. The lowest BCUT2D eigenvalue weighted by molar-refractivity contribution is 0.272. The second-order valence-corrected chi connectivity index (χ2v) is 4.04. The molecule has 2 atom stereocenters. The molecule has 0 aromatic rings. The Bertz CT molecular complexity index is 92.0. The summed E-state index contributed by atoms with van der Waals surface area (Å²) in [5, 5.41) is 0.